The lowest BCUT2D eigenvalue weighted by Gasteiger charge is -2.20. The van der Waals surface area contributed by atoms with Gasteiger partial charge in [-0.05, 0) is 37.8 Å². The Morgan fingerprint density at radius 2 is 2.24 bits per heavy atom. The molecule has 1 unspecified atom stereocenters. The van der Waals surface area contributed by atoms with E-state index >= 15 is 0 Å². The fourth-order valence-electron chi connectivity index (χ4n) is 2.44. The Morgan fingerprint density at radius 3 is 3.00 bits per heavy atom. The van der Waals surface area contributed by atoms with Gasteiger partial charge in [0.25, 0.3) is 0 Å². The van der Waals surface area contributed by atoms with E-state index in [-0.39, 0.29) is 6.04 Å². The molecule has 0 bridgehead atoms. The fourth-order valence-corrected chi connectivity index (χ4v) is 2.44. The zero-order valence-electron chi connectivity index (χ0n) is 10.6. The summed E-state index contributed by atoms with van der Waals surface area (Å²) in [5, 5.41) is 10.5. The molecule has 0 aromatic carbocycles. The molecule has 2 N–H and O–H groups in total. The lowest BCUT2D eigenvalue weighted by molar-refractivity contribution is 0.537. The summed E-state index contributed by atoms with van der Waals surface area (Å²) < 4.78 is 0. The minimum atomic E-state index is 0.223. The molecule has 1 aromatic rings. The van der Waals surface area contributed by atoms with Gasteiger partial charge in [0.05, 0.1) is 6.04 Å². The Hall–Kier alpha value is -1.16. The number of aromatic amines is 1. The van der Waals surface area contributed by atoms with E-state index in [1.54, 1.807) is 6.33 Å². The summed E-state index contributed by atoms with van der Waals surface area (Å²) in [6, 6.07) is 0.223. The Bertz CT molecular complexity index is 342. The number of H-pyrrole nitrogens is 1. The molecular formula is C13H22N4. The van der Waals surface area contributed by atoms with Gasteiger partial charge >= 0.3 is 0 Å². The number of hydrogen-bond donors (Lipinski definition) is 2. The van der Waals surface area contributed by atoms with Crippen molar-refractivity contribution in [2.45, 2.75) is 51.5 Å². The van der Waals surface area contributed by atoms with Crippen LogP contribution in [0.3, 0.4) is 0 Å². The minimum Gasteiger partial charge on any atom is -0.304 e. The molecule has 1 aliphatic rings. The van der Waals surface area contributed by atoms with Crippen LogP contribution in [0, 0.1) is 0 Å². The van der Waals surface area contributed by atoms with Gasteiger partial charge in [0.15, 0.2) is 0 Å². The Balaban J connectivity index is 2.13. The van der Waals surface area contributed by atoms with Gasteiger partial charge in [0, 0.05) is 0 Å². The molecule has 0 spiro atoms. The quantitative estimate of drug-likeness (QED) is 0.788. The van der Waals surface area contributed by atoms with Gasteiger partial charge in [0.1, 0.15) is 12.2 Å². The van der Waals surface area contributed by atoms with Crippen LogP contribution >= 0.6 is 0 Å². The van der Waals surface area contributed by atoms with Crippen molar-refractivity contribution in [3.8, 4) is 0 Å². The highest BCUT2D eigenvalue weighted by molar-refractivity contribution is 5.17. The van der Waals surface area contributed by atoms with E-state index in [4.69, 9.17) is 0 Å². The van der Waals surface area contributed by atoms with E-state index in [0.717, 1.165) is 12.4 Å². The summed E-state index contributed by atoms with van der Waals surface area (Å²) in [6.07, 6.45) is 11.7. The molecule has 4 heteroatoms. The van der Waals surface area contributed by atoms with Gasteiger partial charge in [-0.15, -0.1) is 0 Å². The van der Waals surface area contributed by atoms with Gasteiger partial charge < -0.3 is 5.32 Å². The van der Waals surface area contributed by atoms with E-state index in [0.29, 0.717) is 0 Å². The van der Waals surface area contributed by atoms with Gasteiger partial charge in [-0.25, -0.2) is 4.98 Å². The largest absolute Gasteiger partial charge is 0.304 e. The lowest BCUT2D eigenvalue weighted by atomic mass is 9.94. The molecule has 94 valence electrons. The monoisotopic (exact) mass is 234 g/mol. The van der Waals surface area contributed by atoms with Crippen molar-refractivity contribution in [3.05, 3.63) is 23.8 Å². The summed E-state index contributed by atoms with van der Waals surface area (Å²) in [6.45, 7) is 3.08. The van der Waals surface area contributed by atoms with Crippen molar-refractivity contribution in [1.29, 1.82) is 0 Å². The van der Waals surface area contributed by atoms with Crippen LogP contribution in [0.1, 0.15) is 57.3 Å². The van der Waals surface area contributed by atoms with E-state index in [1.807, 2.05) is 0 Å². The first-order valence-corrected chi connectivity index (χ1v) is 6.69. The van der Waals surface area contributed by atoms with Gasteiger partial charge in [-0.2, -0.15) is 5.10 Å². The third kappa shape index (κ3) is 3.40. The molecule has 17 heavy (non-hydrogen) atoms. The van der Waals surface area contributed by atoms with Gasteiger partial charge in [-0.1, -0.05) is 25.8 Å². The number of nitrogens with zero attached hydrogens (tertiary/aromatic N) is 2. The smallest absolute Gasteiger partial charge is 0.145 e. The molecule has 1 heterocycles. The summed E-state index contributed by atoms with van der Waals surface area (Å²) in [7, 11) is 0. The summed E-state index contributed by atoms with van der Waals surface area (Å²) in [4.78, 5) is 4.29. The summed E-state index contributed by atoms with van der Waals surface area (Å²) in [5.41, 5.74) is 1.48. The van der Waals surface area contributed by atoms with E-state index in [9.17, 15) is 0 Å². The second-order valence-corrected chi connectivity index (χ2v) is 4.59. The van der Waals surface area contributed by atoms with Gasteiger partial charge in [0.2, 0.25) is 0 Å². The lowest BCUT2D eigenvalue weighted by Crippen LogP contribution is -2.24. The second kappa shape index (κ2) is 6.55. The molecule has 0 saturated carbocycles. The first-order valence-electron chi connectivity index (χ1n) is 6.69. The zero-order valence-corrected chi connectivity index (χ0v) is 10.6. The second-order valence-electron chi connectivity index (χ2n) is 4.59. The van der Waals surface area contributed by atoms with Crippen molar-refractivity contribution >= 4 is 0 Å². The number of allylic oxidation sites excluding steroid dienone is 1. The van der Waals surface area contributed by atoms with Crippen LogP contribution in [0.5, 0.6) is 0 Å². The third-order valence-corrected chi connectivity index (χ3v) is 3.31. The molecule has 1 atom stereocenters. The molecule has 0 amide bonds. The van der Waals surface area contributed by atoms with Crippen molar-refractivity contribution in [3.63, 3.8) is 0 Å². The molecule has 0 saturated heterocycles. The number of rotatable bonds is 4. The van der Waals surface area contributed by atoms with Crippen LogP contribution in [-0.4, -0.2) is 21.7 Å². The maximum absolute atomic E-state index is 4.29. The maximum atomic E-state index is 4.29. The van der Waals surface area contributed by atoms with Gasteiger partial charge in [-0.3, -0.25) is 5.10 Å². The first kappa shape index (κ1) is 12.3. The van der Waals surface area contributed by atoms with E-state index < -0.39 is 0 Å². The van der Waals surface area contributed by atoms with Crippen LogP contribution in [0.25, 0.3) is 0 Å². The summed E-state index contributed by atoms with van der Waals surface area (Å²) in [5.74, 6) is 0.943. The first-order chi connectivity index (χ1) is 8.42. The molecule has 0 aliphatic heterocycles. The Labute approximate surface area is 103 Å². The van der Waals surface area contributed by atoms with Crippen LogP contribution < -0.4 is 5.32 Å². The fraction of sp³-hybridized carbons (Fsp3) is 0.692. The third-order valence-electron chi connectivity index (χ3n) is 3.31. The minimum absolute atomic E-state index is 0.223. The SMILES string of the molecule is CCNC(C1=CCCCCCC1)c1ncn[nH]1. The molecule has 4 nitrogen and oxygen atoms in total. The van der Waals surface area contributed by atoms with Crippen molar-refractivity contribution in [1.82, 2.24) is 20.5 Å². The van der Waals surface area contributed by atoms with Crippen molar-refractivity contribution < 1.29 is 0 Å². The van der Waals surface area contributed by atoms with E-state index in [1.165, 1.54) is 44.1 Å². The summed E-state index contributed by atoms with van der Waals surface area (Å²) >= 11 is 0. The number of nitrogens with one attached hydrogen (secondary N) is 2. The molecule has 2 rings (SSSR count). The number of likely N-dealkylation sites (N-methyl/N-ethyl adjacent to an activating group) is 1. The average Bonchev–Trinajstić information content (AvgIpc) is 2.79. The average molecular weight is 234 g/mol. The highest BCUT2D eigenvalue weighted by Gasteiger charge is 2.18. The highest BCUT2D eigenvalue weighted by atomic mass is 15.2. The predicted molar refractivity (Wildman–Crippen MR) is 68.6 cm³/mol. The Kier molecular flexibility index (Phi) is 4.74. The van der Waals surface area contributed by atoms with Crippen LogP contribution in [0.4, 0.5) is 0 Å². The molecular weight excluding hydrogens is 212 g/mol. The van der Waals surface area contributed by atoms with Crippen LogP contribution in [0.15, 0.2) is 18.0 Å². The van der Waals surface area contributed by atoms with Crippen molar-refractivity contribution in [2.24, 2.45) is 0 Å². The highest BCUT2D eigenvalue weighted by Crippen LogP contribution is 2.26. The standard InChI is InChI=1S/C13H22N4/c1-2-14-12(13-15-10-16-17-13)11-8-6-4-3-5-7-9-11/h8,10,12,14H,2-7,9H2,1H3,(H,15,16,17). The van der Waals surface area contributed by atoms with Crippen molar-refractivity contribution in [2.75, 3.05) is 6.54 Å². The topological polar surface area (TPSA) is 53.6 Å². The maximum Gasteiger partial charge on any atom is 0.145 e. The van der Waals surface area contributed by atoms with Crippen LogP contribution in [0.2, 0.25) is 0 Å². The Morgan fingerprint density at radius 1 is 1.35 bits per heavy atom. The molecule has 0 radical (unpaired) electrons. The molecule has 1 aliphatic carbocycles. The van der Waals surface area contributed by atoms with E-state index in [2.05, 4.69) is 33.5 Å². The molecule has 0 fully saturated rings. The predicted octanol–water partition coefficient (Wildman–Crippen LogP) is 2.74. The number of aromatic nitrogens is 3. The molecule has 1 aromatic heterocycles. The normalized spacial score (nSPS) is 19.2. The zero-order chi connectivity index (χ0) is 11.9. The number of hydrogen-bond acceptors (Lipinski definition) is 3. The van der Waals surface area contributed by atoms with Crippen LogP contribution in [-0.2, 0) is 0 Å².